The van der Waals surface area contributed by atoms with E-state index in [4.69, 9.17) is 0 Å². The van der Waals surface area contributed by atoms with Crippen LogP contribution in [0.4, 0.5) is 5.69 Å². The Balaban J connectivity index is 1.64. The zero-order valence-electron chi connectivity index (χ0n) is 19.7. The second kappa shape index (κ2) is 9.75. The number of benzene rings is 2. The molecule has 0 bridgehead atoms. The van der Waals surface area contributed by atoms with Gasteiger partial charge in [0.25, 0.3) is 15.9 Å². The number of piperidine rings is 1. The molecule has 10 heteroatoms. The maximum absolute atomic E-state index is 13.2. The predicted molar refractivity (Wildman–Crippen MR) is 140 cm³/mol. The van der Waals surface area contributed by atoms with Crippen molar-refractivity contribution in [3.63, 3.8) is 0 Å². The van der Waals surface area contributed by atoms with Crippen molar-refractivity contribution >= 4 is 54.9 Å². The van der Waals surface area contributed by atoms with Crippen LogP contribution in [0.2, 0.25) is 0 Å². The van der Waals surface area contributed by atoms with Crippen molar-refractivity contribution in [2.75, 3.05) is 24.1 Å². The summed E-state index contributed by atoms with van der Waals surface area (Å²) in [7, 11) is -3.93. The van der Waals surface area contributed by atoms with Crippen molar-refractivity contribution in [2.24, 2.45) is 5.92 Å². The molecule has 0 atom stereocenters. The highest BCUT2D eigenvalue weighted by molar-refractivity contribution is 7.98. The summed E-state index contributed by atoms with van der Waals surface area (Å²) >= 11 is 2.52. The summed E-state index contributed by atoms with van der Waals surface area (Å²) in [6, 6.07) is 9.79. The van der Waals surface area contributed by atoms with Gasteiger partial charge in [0, 0.05) is 24.0 Å². The molecular formula is C24H29N3O4S3. The lowest BCUT2D eigenvalue weighted by Crippen LogP contribution is -2.38. The van der Waals surface area contributed by atoms with Crippen LogP contribution in [0.15, 0.2) is 51.0 Å². The fourth-order valence-electron chi connectivity index (χ4n) is 4.21. The Hall–Kier alpha value is -2.30. The molecule has 7 nitrogen and oxygen atoms in total. The number of carbonyl (C=O) groups excluding carboxylic acids is 1. The Morgan fingerprint density at radius 3 is 2.50 bits per heavy atom. The highest BCUT2D eigenvalue weighted by atomic mass is 32.2. The number of nitrogens with zero attached hydrogens (tertiary/aromatic N) is 2. The molecule has 0 aliphatic carbocycles. The van der Waals surface area contributed by atoms with Gasteiger partial charge in [-0.1, -0.05) is 18.3 Å². The van der Waals surface area contributed by atoms with Crippen LogP contribution in [0.5, 0.6) is 0 Å². The minimum atomic E-state index is -3.93. The molecule has 2 aromatic carbocycles. The van der Waals surface area contributed by atoms with Crippen LogP contribution >= 0.6 is 23.1 Å². The third-order valence-corrected chi connectivity index (χ3v) is 9.26. The molecule has 1 N–H and O–H groups in total. The number of aromatic nitrogens is 1. The van der Waals surface area contributed by atoms with Crippen molar-refractivity contribution in [3.8, 4) is 0 Å². The molecule has 1 aromatic heterocycles. The van der Waals surface area contributed by atoms with E-state index in [1.54, 1.807) is 28.8 Å². The fourth-order valence-corrected chi connectivity index (χ4v) is 6.90. The standard InChI is InChI=1S/C24H29N3O4S3/c1-15(2)27-20-7-5-17(13-22(20)33-24(27)29)25-34(30,31)18-6-8-21(32-4)19(14-18)23(28)26-11-9-16(3)10-12-26/h5-8,13-16,25H,9-12H2,1-4H3. The number of hydrogen-bond acceptors (Lipinski definition) is 6. The third-order valence-electron chi connectivity index (χ3n) is 6.16. The van der Waals surface area contributed by atoms with Gasteiger partial charge in [-0.2, -0.15) is 0 Å². The molecule has 34 heavy (non-hydrogen) atoms. The van der Waals surface area contributed by atoms with E-state index in [0.717, 1.165) is 34.6 Å². The highest BCUT2D eigenvalue weighted by Gasteiger charge is 2.25. The number of likely N-dealkylation sites (tertiary alicyclic amines) is 1. The minimum Gasteiger partial charge on any atom is -0.339 e. The van der Waals surface area contributed by atoms with Crippen molar-refractivity contribution in [3.05, 3.63) is 51.6 Å². The Labute approximate surface area is 208 Å². The van der Waals surface area contributed by atoms with E-state index in [0.29, 0.717) is 35.0 Å². The predicted octanol–water partition coefficient (Wildman–Crippen LogP) is 5.04. The van der Waals surface area contributed by atoms with Crippen LogP contribution < -0.4 is 9.60 Å². The summed E-state index contributed by atoms with van der Waals surface area (Å²) < 4.78 is 31.4. The number of sulfonamides is 1. The van der Waals surface area contributed by atoms with E-state index in [9.17, 15) is 18.0 Å². The van der Waals surface area contributed by atoms with Gasteiger partial charge in [-0.3, -0.25) is 18.9 Å². The first kappa shape index (κ1) is 24.8. The zero-order chi connectivity index (χ0) is 24.6. The molecule has 4 rings (SSSR count). The van der Waals surface area contributed by atoms with E-state index in [1.807, 2.05) is 25.0 Å². The molecule has 0 radical (unpaired) electrons. The first-order chi connectivity index (χ1) is 16.1. The maximum atomic E-state index is 13.2. The van der Waals surface area contributed by atoms with Crippen LogP contribution in [-0.4, -0.2) is 43.1 Å². The Morgan fingerprint density at radius 2 is 1.85 bits per heavy atom. The third kappa shape index (κ3) is 4.89. The lowest BCUT2D eigenvalue weighted by atomic mass is 9.98. The summed E-state index contributed by atoms with van der Waals surface area (Å²) in [5.41, 5.74) is 1.56. The molecule has 1 aliphatic heterocycles. The number of amides is 1. The van der Waals surface area contributed by atoms with Gasteiger partial charge in [-0.15, -0.1) is 11.8 Å². The van der Waals surface area contributed by atoms with Gasteiger partial charge < -0.3 is 4.90 Å². The van der Waals surface area contributed by atoms with E-state index in [2.05, 4.69) is 11.6 Å². The molecule has 1 aliphatic rings. The lowest BCUT2D eigenvalue weighted by Gasteiger charge is -2.30. The maximum Gasteiger partial charge on any atom is 0.308 e. The Kier molecular flexibility index (Phi) is 7.12. The number of rotatable bonds is 6. The number of carbonyl (C=O) groups is 1. The summed E-state index contributed by atoms with van der Waals surface area (Å²) in [4.78, 5) is 28.1. The van der Waals surface area contributed by atoms with Crippen molar-refractivity contribution in [2.45, 2.75) is 49.4 Å². The van der Waals surface area contributed by atoms with Crippen molar-refractivity contribution in [1.29, 1.82) is 0 Å². The topological polar surface area (TPSA) is 88.5 Å². The summed E-state index contributed by atoms with van der Waals surface area (Å²) in [5.74, 6) is 0.461. The molecule has 0 saturated carbocycles. The van der Waals surface area contributed by atoms with E-state index < -0.39 is 10.0 Å². The second-order valence-electron chi connectivity index (χ2n) is 8.96. The summed E-state index contributed by atoms with van der Waals surface area (Å²) in [6.45, 7) is 7.42. The number of anilines is 1. The van der Waals surface area contributed by atoms with Gasteiger partial charge in [0.05, 0.1) is 26.4 Å². The summed E-state index contributed by atoms with van der Waals surface area (Å²) in [6.07, 6.45) is 3.78. The molecule has 1 amide bonds. The first-order valence-corrected chi connectivity index (χ1v) is 14.8. The number of thiazole rings is 1. The molecule has 1 fully saturated rings. The van der Waals surface area contributed by atoms with Crippen molar-refractivity contribution in [1.82, 2.24) is 9.47 Å². The first-order valence-electron chi connectivity index (χ1n) is 11.3. The molecular weight excluding hydrogens is 490 g/mol. The normalized spacial score (nSPS) is 15.3. The van der Waals surface area contributed by atoms with Gasteiger partial charge in [0.2, 0.25) is 0 Å². The number of nitrogens with one attached hydrogen (secondary N) is 1. The highest BCUT2D eigenvalue weighted by Crippen LogP contribution is 2.29. The molecule has 2 heterocycles. The SMILES string of the molecule is CSc1ccc(S(=O)(=O)Nc2ccc3c(c2)sc(=O)n3C(C)C)cc1C(=O)N1CCC(C)CC1. The number of hydrogen-bond donors (Lipinski definition) is 1. The second-order valence-corrected chi connectivity index (χ2v) is 12.5. The fraction of sp³-hybridized carbons (Fsp3) is 0.417. The zero-order valence-corrected chi connectivity index (χ0v) is 22.1. The van der Waals surface area contributed by atoms with Crippen molar-refractivity contribution < 1.29 is 13.2 Å². The number of thioether (sulfide) groups is 1. The average molecular weight is 520 g/mol. The average Bonchev–Trinajstić information content (AvgIpc) is 3.13. The monoisotopic (exact) mass is 519 g/mol. The van der Waals surface area contributed by atoms with E-state index >= 15 is 0 Å². The van der Waals surface area contributed by atoms with Gasteiger partial charge in [0.15, 0.2) is 0 Å². The van der Waals surface area contributed by atoms with Crippen LogP contribution in [0, 0.1) is 5.92 Å². The molecule has 1 saturated heterocycles. The molecule has 3 aromatic rings. The Morgan fingerprint density at radius 1 is 1.15 bits per heavy atom. The lowest BCUT2D eigenvalue weighted by molar-refractivity contribution is 0.0693. The van der Waals surface area contributed by atoms with Gasteiger partial charge >= 0.3 is 4.87 Å². The Bertz CT molecular complexity index is 1380. The largest absolute Gasteiger partial charge is 0.339 e. The van der Waals surface area contributed by atoms with Gasteiger partial charge in [-0.05, 0) is 75.3 Å². The van der Waals surface area contributed by atoms with Crippen LogP contribution in [0.3, 0.4) is 0 Å². The van der Waals surface area contributed by atoms with Crippen LogP contribution in [-0.2, 0) is 10.0 Å². The number of fused-ring (bicyclic) bond motifs is 1. The van der Waals surface area contributed by atoms with Crippen LogP contribution in [0.1, 0.15) is 50.0 Å². The van der Waals surface area contributed by atoms with Gasteiger partial charge in [0.1, 0.15) is 0 Å². The van der Waals surface area contributed by atoms with E-state index in [-0.39, 0.29) is 21.7 Å². The quantitative estimate of drug-likeness (QED) is 0.461. The van der Waals surface area contributed by atoms with Crippen LogP contribution in [0.25, 0.3) is 10.2 Å². The van der Waals surface area contributed by atoms with Gasteiger partial charge in [-0.25, -0.2) is 8.42 Å². The molecule has 0 spiro atoms. The smallest absolute Gasteiger partial charge is 0.308 e. The van der Waals surface area contributed by atoms with E-state index in [1.165, 1.54) is 23.9 Å². The molecule has 0 unspecified atom stereocenters. The minimum absolute atomic E-state index is 0.0119. The summed E-state index contributed by atoms with van der Waals surface area (Å²) in [5, 5.41) is 0. The molecule has 182 valence electrons.